The molecule has 0 amide bonds. The molecule has 0 radical (unpaired) electrons. The summed E-state index contributed by atoms with van der Waals surface area (Å²) < 4.78 is 43.5. The van der Waals surface area contributed by atoms with Crippen molar-refractivity contribution in [2.24, 2.45) is 0 Å². The van der Waals surface area contributed by atoms with E-state index in [1.54, 1.807) is 0 Å². The van der Waals surface area contributed by atoms with E-state index >= 15 is 0 Å². The maximum atomic E-state index is 12.3. The number of anilines is 1. The molecule has 3 rings (SSSR count). The summed E-state index contributed by atoms with van der Waals surface area (Å²) in [4.78, 5) is 12.1. The molecule has 0 spiro atoms. The van der Waals surface area contributed by atoms with E-state index in [-0.39, 0.29) is 27.9 Å². The number of nitrogens with two attached hydrogens (primary N) is 1. The van der Waals surface area contributed by atoms with Gasteiger partial charge in [0.15, 0.2) is 22.8 Å². The predicted molar refractivity (Wildman–Crippen MR) is 84.1 cm³/mol. The largest absolute Gasteiger partial charge is 0.394 e. The van der Waals surface area contributed by atoms with E-state index in [4.69, 9.17) is 10.5 Å². The zero-order valence-electron chi connectivity index (χ0n) is 13.2. The van der Waals surface area contributed by atoms with Crippen LogP contribution in [0.4, 0.5) is 19.0 Å². The predicted octanol–water partition coefficient (Wildman–Crippen LogP) is 0.0645. The number of rotatable bonds is 5. The Balaban J connectivity index is 1.88. The Bertz CT molecular complexity index is 789. The molecule has 0 aliphatic carbocycles. The number of aliphatic hydroxyl groups is 3. The highest BCUT2D eigenvalue weighted by Crippen LogP contribution is 2.33. The zero-order chi connectivity index (χ0) is 19.1. The maximum Gasteiger partial charge on any atom is 0.389 e. The molecular formula is C13H16F3N5O4S. The fourth-order valence-corrected chi connectivity index (χ4v) is 3.37. The van der Waals surface area contributed by atoms with Crippen LogP contribution in [-0.4, -0.2) is 71.7 Å². The minimum Gasteiger partial charge on any atom is -0.394 e. The lowest BCUT2D eigenvalue weighted by Crippen LogP contribution is -2.33. The topological polar surface area (TPSA) is 140 Å². The van der Waals surface area contributed by atoms with Gasteiger partial charge in [-0.1, -0.05) is 11.8 Å². The first-order valence-corrected chi connectivity index (χ1v) is 8.52. The van der Waals surface area contributed by atoms with E-state index < -0.39 is 43.7 Å². The van der Waals surface area contributed by atoms with Crippen LogP contribution in [0, 0.1) is 0 Å². The van der Waals surface area contributed by atoms with Crippen molar-refractivity contribution in [3.8, 4) is 0 Å². The van der Waals surface area contributed by atoms with Crippen molar-refractivity contribution in [1.82, 2.24) is 19.5 Å². The minimum atomic E-state index is -4.29. The van der Waals surface area contributed by atoms with Gasteiger partial charge in [-0.2, -0.15) is 13.2 Å². The summed E-state index contributed by atoms with van der Waals surface area (Å²) in [6.45, 7) is -0.503. The third kappa shape index (κ3) is 3.71. The molecule has 0 bridgehead atoms. The lowest BCUT2D eigenvalue weighted by molar-refractivity contribution is -0.129. The molecule has 0 aromatic carbocycles. The molecule has 9 nitrogen and oxygen atoms in total. The average molecular weight is 395 g/mol. The molecule has 4 atom stereocenters. The molecule has 1 fully saturated rings. The van der Waals surface area contributed by atoms with E-state index in [1.807, 2.05) is 0 Å². The Hall–Kier alpha value is -1.67. The lowest BCUT2D eigenvalue weighted by atomic mass is 10.1. The standard InChI is InChI=1S/C13H16F3N5O4S/c14-13(15,16)1-2-26-12-19-9(17)6-10(20-12)21(4-18-6)11-8(24)7(23)5(3-22)25-11/h4-5,7-8,11,22-24H,1-3H2,(H2,17,19,20)/t5?,7-,8-,11?/m1/s1. The van der Waals surface area contributed by atoms with Gasteiger partial charge in [0.25, 0.3) is 0 Å². The van der Waals surface area contributed by atoms with Crippen LogP contribution in [0.2, 0.25) is 0 Å². The van der Waals surface area contributed by atoms with Gasteiger partial charge in [0.2, 0.25) is 0 Å². The SMILES string of the molecule is Nc1nc(SCCC(F)(F)F)nc2c1ncn2C1OC(CO)[C@@H](O)[C@H]1O. The van der Waals surface area contributed by atoms with Crippen LogP contribution < -0.4 is 5.73 Å². The highest BCUT2D eigenvalue weighted by Gasteiger charge is 2.44. The summed E-state index contributed by atoms with van der Waals surface area (Å²) in [5.41, 5.74) is 6.11. The van der Waals surface area contributed by atoms with E-state index in [1.165, 1.54) is 10.9 Å². The number of aromatic nitrogens is 4. The fraction of sp³-hybridized carbons (Fsp3) is 0.615. The van der Waals surface area contributed by atoms with Crippen molar-refractivity contribution < 1.29 is 33.2 Å². The summed E-state index contributed by atoms with van der Waals surface area (Å²) in [6.07, 6.45) is -8.79. The number of halogens is 3. The zero-order valence-corrected chi connectivity index (χ0v) is 14.0. The Morgan fingerprint density at radius 3 is 2.62 bits per heavy atom. The van der Waals surface area contributed by atoms with E-state index in [0.29, 0.717) is 0 Å². The molecule has 0 saturated carbocycles. The van der Waals surface area contributed by atoms with Crippen LogP contribution in [0.15, 0.2) is 11.5 Å². The van der Waals surface area contributed by atoms with Crippen LogP contribution in [-0.2, 0) is 4.74 Å². The van der Waals surface area contributed by atoms with Crippen molar-refractivity contribution in [2.75, 3.05) is 18.1 Å². The molecule has 3 heterocycles. The number of fused-ring (bicyclic) bond motifs is 1. The van der Waals surface area contributed by atoms with Crippen molar-refractivity contribution >= 4 is 28.7 Å². The highest BCUT2D eigenvalue weighted by atomic mass is 32.2. The van der Waals surface area contributed by atoms with Gasteiger partial charge in [0.1, 0.15) is 23.8 Å². The first kappa shape index (κ1) is 19.1. The highest BCUT2D eigenvalue weighted by molar-refractivity contribution is 7.99. The summed E-state index contributed by atoms with van der Waals surface area (Å²) >= 11 is 0.781. The van der Waals surface area contributed by atoms with E-state index in [0.717, 1.165) is 11.8 Å². The smallest absolute Gasteiger partial charge is 0.389 e. The molecule has 1 aliphatic heterocycles. The molecule has 144 valence electrons. The molecule has 26 heavy (non-hydrogen) atoms. The van der Waals surface area contributed by atoms with Crippen molar-refractivity contribution in [1.29, 1.82) is 0 Å². The lowest BCUT2D eigenvalue weighted by Gasteiger charge is -2.16. The van der Waals surface area contributed by atoms with Gasteiger partial charge in [0.05, 0.1) is 19.4 Å². The average Bonchev–Trinajstić information content (AvgIpc) is 3.09. The number of nitrogens with zero attached hydrogens (tertiary/aromatic N) is 4. The molecular weight excluding hydrogens is 379 g/mol. The van der Waals surface area contributed by atoms with Crippen LogP contribution in [0.25, 0.3) is 11.2 Å². The van der Waals surface area contributed by atoms with Crippen molar-refractivity contribution in [3.05, 3.63) is 6.33 Å². The van der Waals surface area contributed by atoms with Gasteiger partial charge in [0, 0.05) is 5.75 Å². The Kier molecular flexibility index (Phi) is 5.25. The van der Waals surface area contributed by atoms with Gasteiger partial charge < -0.3 is 25.8 Å². The van der Waals surface area contributed by atoms with Crippen molar-refractivity contribution in [2.45, 2.75) is 42.3 Å². The van der Waals surface area contributed by atoms with Gasteiger partial charge in [-0.15, -0.1) is 0 Å². The second kappa shape index (κ2) is 7.15. The third-order valence-corrected chi connectivity index (χ3v) is 4.68. The van der Waals surface area contributed by atoms with Crippen LogP contribution in [0.1, 0.15) is 12.6 Å². The monoisotopic (exact) mass is 395 g/mol. The third-order valence-electron chi connectivity index (χ3n) is 3.84. The van der Waals surface area contributed by atoms with Crippen LogP contribution in [0.3, 0.4) is 0 Å². The summed E-state index contributed by atoms with van der Waals surface area (Å²) in [5.74, 6) is -0.314. The van der Waals surface area contributed by atoms with Crippen molar-refractivity contribution in [3.63, 3.8) is 0 Å². The minimum absolute atomic E-state index is 0.0211. The number of aliphatic hydroxyl groups excluding tert-OH is 3. The number of hydrogen-bond donors (Lipinski definition) is 4. The number of ether oxygens (including phenoxy) is 1. The number of thioether (sulfide) groups is 1. The fourth-order valence-electron chi connectivity index (χ4n) is 2.54. The molecule has 1 saturated heterocycles. The van der Waals surface area contributed by atoms with Gasteiger partial charge in [-0.3, -0.25) is 4.57 Å². The first-order chi connectivity index (χ1) is 12.2. The number of hydrogen-bond acceptors (Lipinski definition) is 9. The molecule has 2 unspecified atom stereocenters. The quantitative estimate of drug-likeness (QED) is 0.409. The molecule has 5 N–H and O–H groups in total. The van der Waals surface area contributed by atoms with Gasteiger partial charge >= 0.3 is 6.18 Å². The van der Waals surface area contributed by atoms with Crippen LogP contribution >= 0.6 is 11.8 Å². The summed E-state index contributed by atoms with van der Waals surface area (Å²) in [5, 5.41) is 29.2. The molecule has 2 aromatic rings. The van der Waals surface area contributed by atoms with Crippen LogP contribution in [0.5, 0.6) is 0 Å². The Morgan fingerprint density at radius 1 is 1.27 bits per heavy atom. The number of nitrogen functional groups attached to an aromatic ring is 1. The van der Waals surface area contributed by atoms with E-state index in [9.17, 15) is 28.5 Å². The molecule has 13 heteroatoms. The molecule has 1 aliphatic rings. The number of alkyl halides is 3. The van der Waals surface area contributed by atoms with E-state index in [2.05, 4.69) is 15.0 Å². The van der Waals surface area contributed by atoms with Gasteiger partial charge in [-0.25, -0.2) is 15.0 Å². The normalized spacial score (nSPS) is 26.7. The second-order valence-electron chi connectivity index (χ2n) is 5.66. The Labute approximate surface area is 149 Å². The Morgan fingerprint density at radius 2 is 2.00 bits per heavy atom. The number of imidazole rings is 1. The molecule has 2 aromatic heterocycles. The maximum absolute atomic E-state index is 12.3. The van der Waals surface area contributed by atoms with Gasteiger partial charge in [-0.05, 0) is 0 Å². The second-order valence-corrected chi connectivity index (χ2v) is 6.72. The first-order valence-electron chi connectivity index (χ1n) is 7.53. The summed E-state index contributed by atoms with van der Waals surface area (Å²) in [7, 11) is 0. The summed E-state index contributed by atoms with van der Waals surface area (Å²) in [6, 6.07) is 0.